The molecule has 31 heavy (non-hydrogen) atoms. The smallest absolute Gasteiger partial charge is 0.191 e. The molecular formula is C23H40IN3O4. The Kier molecular flexibility index (Phi) is 15.7. The van der Waals surface area contributed by atoms with E-state index < -0.39 is 0 Å². The van der Waals surface area contributed by atoms with Crippen LogP contribution in [0, 0.1) is 12.8 Å². The van der Waals surface area contributed by atoms with E-state index >= 15 is 0 Å². The molecule has 0 amide bonds. The van der Waals surface area contributed by atoms with Gasteiger partial charge in [0, 0.05) is 44.4 Å². The van der Waals surface area contributed by atoms with Crippen molar-refractivity contribution >= 4 is 29.9 Å². The Bertz CT molecular complexity index is 625. The Hall–Kier alpha value is -1.10. The Morgan fingerprint density at radius 2 is 2.03 bits per heavy atom. The third kappa shape index (κ3) is 11.9. The van der Waals surface area contributed by atoms with Gasteiger partial charge < -0.3 is 29.6 Å². The topological polar surface area (TPSA) is 73.3 Å². The van der Waals surface area contributed by atoms with Gasteiger partial charge in [-0.3, -0.25) is 0 Å². The molecule has 8 heteroatoms. The molecule has 2 N–H and O–H groups in total. The molecule has 0 radical (unpaired) electrons. The van der Waals surface area contributed by atoms with Gasteiger partial charge in [-0.25, -0.2) is 4.99 Å². The zero-order chi connectivity index (χ0) is 21.4. The van der Waals surface area contributed by atoms with Crippen molar-refractivity contribution in [1.82, 2.24) is 10.6 Å². The number of rotatable bonds is 14. The lowest BCUT2D eigenvalue weighted by Crippen LogP contribution is -2.38. The maximum absolute atomic E-state index is 5.92. The third-order valence-electron chi connectivity index (χ3n) is 4.80. The van der Waals surface area contributed by atoms with Crippen LogP contribution in [0.2, 0.25) is 0 Å². The highest BCUT2D eigenvalue weighted by Gasteiger charge is 2.15. The van der Waals surface area contributed by atoms with E-state index in [9.17, 15) is 0 Å². The van der Waals surface area contributed by atoms with Crippen molar-refractivity contribution in [3.05, 3.63) is 29.3 Å². The molecule has 0 aliphatic carbocycles. The molecule has 1 saturated heterocycles. The van der Waals surface area contributed by atoms with Crippen LogP contribution in [0.25, 0.3) is 0 Å². The maximum atomic E-state index is 5.92. The number of hydrogen-bond acceptors (Lipinski definition) is 5. The summed E-state index contributed by atoms with van der Waals surface area (Å²) < 4.78 is 22.4. The fourth-order valence-corrected chi connectivity index (χ4v) is 3.13. The first-order valence-corrected chi connectivity index (χ1v) is 11.2. The fraction of sp³-hybridized carbons (Fsp3) is 0.696. The zero-order valence-electron chi connectivity index (χ0n) is 19.3. The maximum Gasteiger partial charge on any atom is 0.191 e. The van der Waals surface area contributed by atoms with Crippen molar-refractivity contribution in [2.24, 2.45) is 10.9 Å². The van der Waals surface area contributed by atoms with E-state index in [2.05, 4.69) is 42.7 Å². The molecule has 1 aromatic carbocycles. The average Bonchev–Trinajstić information content (AvgIpc) is 3.26. The Balaban J connectivity index is 0.00000480. The van der Waals surface area contributed by atoms with Gasteiger partial charge in [-0.1, -0.05) is 12.1 Å². The molecule has 1 aliphatic rings. The highest BCUT2D eigenvalue weighted by Crippen LogP contribution is 2.21. The largest absolute Gasteiger partial charge is 0.491 e. The number of hydrogen-bond donors (Lipinski definition) is 2. The first kappa shape index (κ1) is 27.9. The van der Waals surface area contributed by atoms with Crippen molar-refractivity contribution in [2.45, 2.75) is 40.2 Å². The molecule has 1 aliphatic heterocycles. The van der Waals surface area contributed by atoms with Crippen LogP contribution in [-0.2, 0) is 20.8 Å². The second-order valence-electron chi connectivity index (χ2n) is 7.44. The van der Waals surface area contributed by atoms with Crippen LogP contribution < -0.4 is 15.4 Å². The Morgan fingerprint density at radius 3 is 2.77 bits per heavy atom. The van der Waals surface area contributed by atoms with E-state index in [4.69, 9.17) is 23.9 Å². The Labute approximate surface area is 204 Å². The van der Waals surface area contributed by atoms with E-state index in [0.717, 1.165) is 69.6 Å². The summed E-state index contributed by atoms with van der Waals surface area (Å²) in [5.41, 5.74) is 2.24. The molecule has 0 saturated carbocycles. The van der Waals surface area contributed by atoms with E-state index in [-0.39, 0.29) is 24.0 Å². The molecule has 2 rings (SSSR count). The van der Waals surface area contributed by atoms with Gasteiger partial charge in [0.05, 0.1) is 26.4 Å². The van der Waals surface area contributed by atoms with Crippen molar-refractivity contribution in [3.8, 4) is 5.75 Å². The molecule has 0 bridgehead atoms. The number of ether oxygens (including phenoxy) is 4. The van der Waals surface area contributed by atoms with Gasteiger partial charge in [0.15, 0.2) is 5.96 Å². The van der Waals surface area contributed by atoms with Gasteiger partial charge in [-0.15, -0.1) is 24.0 Å². The summed E-state index contributed by atoms with van der Waals surface area (Å²) in [7, 11) is 0. The van der Waals surface area contributed by atoms with E-state index in [1.54, 1.807) is 0 Å². The summed E-state index contributed by atoms with van der Waals surface area (Å²) in [5.74, 6) is 2.25. The van der Waals surface area contributed by atoms with Gasteiger partial charge in [-0.05, 0) is 45.2 Å². The monoisotopic (exact) mass is 549 g/mol. The second kappa shape index (κ2) is 17.5. The summed E-state index contributed by atoms with van der Waals surface area (Å²) >= 11 is 0. The number of nitrogens with one attached hydrogen (secondary N) is 2. The Morgan fingerprint density at radius 1 is 1.16 bits per heavy atom. The standard InChI is InChI=1S/C23H39N3O4.HI/c1-4-24-23(25-10-6-11-28-17-20-9-12-29-18-20)26-16-21-8-7-19(3)15-22(21)30-14-13-27-5-2;/h7-8,15,20H,4-6,9-14,16-18H2,1-3H3,(H2,24,25,26);1H. The van der Waals surface area contributed by atoms with Gasteiger partial charge in [0.25, 0.3) is 0 Å². The zero-order valence-corrected chi connectivity index (χ0v) is 21.6. The van der Waals surface area contributed by atoms with Crippen LogP contribution in [0.15, 0.2) is 23.2 Å². The minimum absolute atomic E-state index is 0. The quantitative estimate of drug-likeness (QED) is 0.160. The third-order valence-corrected chi connectivity index (χ3v) is 4.80. The predicted molar refractivity (Wildman–Crippen MR) is 136 cm³/mol. The van der Waals surface area contributed by atoms with Crippen molar-refractivity contribution in [2.75, 3.05) is 59.3 Å². The number of nitrogens with zero attached hydrogens (tertiary/aromatic N) is 1. The molecule has 0 spiro atoms. The lowest BCUT2D eigenvalue weighted by molar-refractivity contribution is 0.0888. The molecule has 1 aromatic rings. The van der Waals surface area contributed by atoms with Crippen LogP contribution in [0.1, 0.15) is 37.8 Å². The van der Waals surface area contributed by atoms with Crippen molar-refractivity contribution in [3.63, 3.8) is 0 Å². The molecule has 1 heterocycles. The number of benzene rings is 1. The number of halogens is 1. The van der Waals surface area contributed by atoms with Gasteiger partial charge in [0.2, 0.25) is 0 Å². The van der Waals surface area contributed by atoms with Crippen molar-refractivity contribution in [1.29, 1.82) is 0 Å². The summed E-state index contributed by atoms with van der Waals surface area (Å²) in [6.45, 7) is 13.4. The SMILES string of the molecule is CCNC(=NCc1ccc(C)cc1OCCOCC)NCCCOCC1CCOC1.I. The van der Waals surface area contributed by atoms with E-state index in [1.165, 1.54) is 5.56 Å². The van der Waals surface area contributed by atoms with Gasteiger partial charge in [0.1, 0.15) is 12.4 Å². The summed E-state index contributed by atoms with van der Waals surface area (Å²) in [6.07, 6.45) is 2.06. The summed E-state index contributed by atoms with van der Waals surface area (Å²) in [5, 5.41) is 6.68. The molecule has 178 valence electrons. The van der Waals surface area contributed by atoms with E-state index in [0.29, 0.717) is 32.3 Å². The number of aliphatic imine (C=N–C) groups is 1. The highest BCUT2D eigenvalue weighted by molar-refractivity contribution is 14.0. The molecule has 7 nitrogen and oxygen atoms in total. The predicted octanol–water partition coefficient (Wildman–Crippen LogP) is 3.53. The molecule has 1 unspecified atom stereocenters. The lowest BCUT2D eigenvalue weighted by Gasteiger charge is -2.14. The normalized spacial score (nSPS) is 16.1. The molecule has 1 fully saturated rings. The van der Waals surface area contributed by atoms with Gasteiger partial charge >= 0.3 is 0 Å². The van der Waals surface area contributed by atoms with Crippen LogP contribution in [0.3, 0.4) is 0 Å². The molecule has 1 atom stereocenters. The second-order valence-corrected chi connectivity index (χ2v) is 7.44. The minimum Gasteiger partial charge on any atom is -0.491 e. The molecule has 0 aromatic heterocycles. The van der Waals surface area contributed by atoms with Crippen LogP contribution in [0.5, 0.6) is 5.75 Å². The summed E-state index contributed by atoms with van der Waals surface area (Å²) in [4.78, 5) is 4.73. The highest BCUT2D eigenvalue weighted by atomic mass is 127. The number of guanidine groups is 1. The van der Waals surface area contributed by atoms with Crippen molar-refractivity contribution < 1.29 is 18.9 Å². The van der Waals surface area contributed by atoms with E-state index in [1.807, 2.05) is 6.92 Å². The summed E-state index contributed by atoms with van der Waals surface area (Å²) in [6, 6.07) is 6.23. The average molecular weight is 549 g/mol. The number of aryl methyl sites for hydroxylation is 1. The first-order chi connectivity index (χ1) is 14.7. The lowest BCUT2D eigenvalue weighted by atomic mass is 10.1. The minimum atomic E-state index is 0. The van der Waals surface area contributed by atoms with Crippen LogP contribution in [-0.4, -0.2) is 65.3 Å². The van der Waals surface area contributed by atoms with Crippen LogP contribution in [0.4, 0.5) is 0 Å². The van der Waals surface area contributed by atoms with Crippen LogP contribution >= 0.6 is 24.0 Å². The fourth-order valence-electron chi connectivity index (χ4n) is 3.13. The molecular weight excluding hydrogens is 509 g/mol. The van der Waals surface area contributed by atoms with Gasteiger partial charge in [-0.2, -0.15) is 0 Å². The first-order valence-electron chi connectivity index (χ1n) is 11.2.